The standard InChI is InChI=1S/C29H24N5O2P/c1-36-29(35)27(22-30)28(31-23-14-6-2-7-15-23)32-33-34-37(24-16-8-3-9-17-24,25-18-10-4-11-19-25)26-20-12-5-13-21-26/h2-21,31H,1H3/b28-27+,33-32?. The molecular formula is C29H24N5O2P. The van der Waals surface area contributed by atoms with Crippen molar-refractivity contribution in [3.8, 4) is 6.07 Å². The van der Waals surface area contributed by atoms with Crippen LogP contribution in [0.5, 0.6) is 0 Å². The van der Waals surface area contributed by atoms with E-state index in [9.17, 15) is 10.1 Å². The van der Waals surface area contributed by atoms with Crippen LogP contribution in [0, 0.1) is 11.3 Å². The Balaban J connectivity index is 1.95. The highest BCUT2D eigenvalue weighted by molar-refractivity contribution is 7.87. The Labute approximate surface area is 215 Å². The molecule has 182 valence electrons. The van der Waals surface area contributed by atoms with Gasteiger partial charge in [0.1, 0.15) is 6.07 Å². The Morgan fingerprint density at radius 1 is 0.757 bits per heavy atom. The average Bonchev–Trinajstić information content (AvgIpc) is 2.97. The fourth-order valence-electron chi connectivity index (χ4n) is 3.75. The van der Waals surface area contributed by atoms with Crippen molar-refractivity contribution in [1.29, 1.82) is 5.26 Å². The molecule has 0 aliphatic carbocycles. The number of rotatable bonds is 8. The molecule has 0 bridgehead atoms. The van der Waals surface area contributed by atoms with Crippen LogP contribution in [0.3, 0.4) is 0 Å². The molecule has 0 aromatic heterocycles. The topological polar surface area (TPSA) is 99.2 Å². The van der Waals surface area contributed by atoms with Gasteiger partial charge in [0, 0.05) is 21.6 Å². The quantitative estimate of drug-likeness (QED) is 0.0847. The fraction of sp³-hybridized carbons (Fsp3) is 0.0345. The van der Waals surface area contributed by atoms with Crippen LogP contribution in [0.1, 0.15) is 0 Å². The van der Waals surface area contributed by atoms with E-state index in [2.05, 4.69) is 15.7 Å². The molecule has 0 amide bonds. The van der Waals surface area contributed by atoms with Crippen molar-refractivity contribution in [1.82, 2.24) is 0 Å². The normalized spacial score (nSPS) is 11.8. The number of anilines is 1. The van der Waals surface area contributed by atoms with Crippen LogP contribution in [-0.4, -0.2) is 13.1 Å². The third-order valence-electron chi connectivity index (χ3n) is 5.48. The van der Waals surface area contributed by atoms with Gasteiger partial charge in [-0.3, -0.25) is 0 Å². The summed E-state index contributed by atoms with van der Waals surface area (Å²) < 4.78 is 4.79. The molecule has 0 radical (unpaired) electrons. The largest absolute Gasteiger partial charge is 0.465 e. The summed E-state index contributed by atoms with van der Waals surface area (Å²) in [6.07, 6.45) is 0. The molecule has 0 aliphatic rings. The van der Waals surface area contributed by atoms with E-state index < -0.39 is 13.0 Å². The third kappa shape index (κ3) is 5.72. The number of benzene rings is 4. The van der Waals surface area contributed by atoms with Crippen molar-refractivity contribution < 1.29 is 9.53 Å². The second-order valence-electron chi connectivity index (χ2n) is 7.74. The number of carbonyl (C=O) groups is 1. The first kappa shape index (κ1) is 25.3. The molecule has 0 spiro atoms. The molecule has 4 rings (SSSR count). The van der Waals surface area contributed by atoms with Gasteiger partial charge in [0.25, 0.3) is 0 Å². The number of nitrogens with one attached hydrogen (secondary N) is 1. The molecule has 0 fully saturated rings. The van der Waals surface area contributed by atoms with Crippen molar-refractivity contribution in [2.24, 2.45) is 15.2 Å². The molecule has 37 heavy (non-hydrogen) atoms. The highest BCUT2D eigenvalue weighted by Crippen LogP contribution is 2.46. The Hall–Kier alpha value is -4.79. The van der Waals surface area contributed by atoms with Crippen molar-refractivity contribution in [3.05, 3.63) is 133 Å². The molecule has 0 atom stereocenters. The molecule has 1 N–H and O–H groups in total. The van der Waals surface area contributed by atoms with Crippen LogP contribution < -0.4 is 21.2 Å². The van der Waals surface area contributed by atoms with Crippen LogP contribution in [0.15, 0.2) is 148 Å². The van der Waals surface area contributed by atoms with Crippen LogP contribution in [0.4, 0.5) is 5.69 Å². The van der Waals surface area contributed by atoms with Crippen molar-refractivity contribution in [2.75, 3.05) is 12.4 Å². The maximum Gasteiger partial charge on any atom is 0.352 e. The molecule has 0 saturated heterocycles. The first-order chi connectivity index (χ1) is 18.2. The summed E-state index contributed by atoms with van der Waals surface area (Å²) in [5, 5.41) is 24.2. The summed E-state index contributed by atoms with van der Waals surface area (Å²) in [5.41, 5.74) is 0.316. The number of carbonyl (C=O) groups excluding carboxylic acids is 1. The summed E-state index contributed by atoms with van der Waals surface area (Å²) in [6.45, 7) is 0. The minimum absolute atomic E-state index is 0.0587. The first-order valence-corrected chi connectivity index (χ1v) is 13.2. The van der Waals surface area contributed by atoms with E-state index in [-0.39, 0.29) is 11.4 Å². The molecule has 8 heteroatoms. The Bertz CT molecular complexity index is 1390. The Morgan fingerprint density at radius 2 is 1.19 bits per heavy atom. The van der Waals surface area contributed by atoms with E-state index in [0.29, 0.717) is 5.69 Å². The molecular weight excluding hydrogens is 481 g/mol. The zero-order valence-corrected chi connectivity index (χ0v) is 21.0. The van der Waals surface area contributed by atoms with Gasteiger partial charge in [-0.15, -0.1) is 9.97 Å². The van der Waals surface area contributed by atoms with Gasteiger partial charge in [-0.25, -0.2) is 4.79 Å². The van der Waals surface area contributed by atoms with E-state index in [1.54, 1.807) is 12.1 Å². The Kier molecular flexibility index (Phi) is 8.38. The minimum atomic E-state index is -2.65. The second kappa shape index (κ2) is 12.3. The number of hydrogen-bond donors (Lipinski definition) is 1. The van der Waals surface area contributed by atoms with Crippen molar-refractivity contribution in [2.45, 2.75) is 0 Å². The third-order valence-corrected chi connectivity index (χ3v) is 8.97. The number of ether oxygens (including phenoxy) is 1. The maximum atomic E-state index is 12.3. The summed E-state index contributed by atoms with van der Waals surface area (Å²) in [6, 6.07) is 40.8. The van der Waals surface area contributed by atoms with Crippen LogP contribution in [-0.2, 0) is 9.53 Å². The molecule has 4 aromatic carbocycles. The van der Waals surface area contributed by atoms with Gasteiger partial charge in [-0.05, 0) is 17.4 Å². The number of esters is 1. The monoisotopic (exact) mass is 505 g/mol. The van der Waals surface area contributed by atoms with E-state index in [0.717, 1.165) is 15.9 Å². The molecule has 0 saturated carbocycles. The predicted octanol–water partition coefficient (Wildman–Crippen LogP) is 5.55. The summed E-state index contributed by atoms with van der Waals surface area (Å²) in [7, 11) is -1.44. The molecule has 4 aromatic rings. The average molecular weight is 506 g/mol. The molecule has 0 unspecified atom stereocenters. The highest BCUT2D eigenvalue weighted by Gasteiger charge is 2.28. The van der Waals surface area contributed by atoms with Crippen molar-refractivity contribution in [3.63, 3.8) is 0 Å². The number of methoxy groups -OCH3 is 1. The lowest BCUT2D eigenvalue weighted by Gasteiger charge is -2.24. The lowest BCUT2D eigenvalue weighted by atomic mass is 10.2. The fourth-order valence-corrected chi connectivity index (χ4v) is 6.93. The summed E-state index contributed by atoms with van der Waals surface area (Å²) in [4.78, 5) is 17.2. The Morgan fingerprint density at radius 3 is 1.59 bits per heavy atom. The zero-order chi connectivity index (χ0) is 25.9. The number of nitrogens with zero attached hydrogens (tertiary/aromatic N) is 4. The van der Waals surface area contributed by atoms with E-state index in [4.69, 9.17) is 9.59 Å². The van der Waals surface area contributed by atoms with E-state index in [1.807, 2.05) is 115 Å². The van der Waals surface area contributed by atoms with Gasteiger partial charge in [-0.2, -0.15) is 5.26 Å². The molecule has 0 heterocycles. The summed E-state index contributed by atoms with van der Waals surface area (Å²) in [5.74, 6) is -0.883. The number of hydrogen-bond acceptors (Lipinski definition) is 5. The maximum absolute atomic E-state index is 12.3. The lowest BCUT2D eigenvalue weighted by Crippen LogP contribution is -2.25. The molecule has 7 nitrogen and oxygen atoms in total. The van der Waals surface area contributed by atoms with Gasteiger partial charge < -0.3 is 10.1 Å². The van der Waals surface area contributed by atoms with Gasteiger partial charge in [0.05, 0.1) is 14.2 Å². The smallest absolute Gasteiger partial charge is 0.352 e. The van der Waals surface area contributed by atoms with Crippen molar-refractivity contribution >= 4 is 34.6 Å². The SMILES string of the molecule is COC(=O)/C(C#N)=C(/N=NN=P(c1ccccc1)(c1ccccc1)c1ccccc1)Nc1ccccc1. The number of para-hydroxylation sites is 1. The zero-order valence-electron chi connectivity index (χ0n) is 20.1. The van der Waals surface area contributed by atoms with Crippen LogP contribution >= 0.6 is 7.05 Å². The second-order valence-corrected chi connectivity index (χ2v) is 10.7. The van der Waals surface area contributed by atoms with Gasteiger partial charge in [0.2, 0.25) is 0 Å². The van der Waals surface area contributed by atoms with Gasteiger partial charge >= 0.3 is 5.97 Å². The lowest BCUT2D eigenvalue weighted by molar-refractivity contribution is -0.135. The predicted molar refractivity (Wildman–Crippen MR) is 147 cm³/mol. The van der Waals surface area contributed by atoms with Gasteiger partial charge in [-0.1, -0.05) is 109 Å². The van der Waals surface area contributed by atoms with Gasteiger partial charge in [0.15, 0.2) is 11.4 Å². The highest BCUT2D eigenvalue weighted by atomic mass is 31.2. The molecule has 0 aliphatic heterocycles. The van der Waals surface area contributed by atoms with Crippen LogP contribution in [0.25, 0.3) is 0 Å². The number of nitriles is 1. The van der Waals surface area contributed by atoms with Crippen LogP contribution in [0.2, 0.25) is 0 Å². The van der Waals surface area contributed by atoms with E-state index in [1.165, 1.54) is 7.11 Å². The van der Waals surface area contributed by atoms with E-state index >= 15 is 0 Å². The summed E-state index contributed by atoms with van der Waals surface area (Å²) >= 11 is 0. The minimum Gasteiger partial charge on any atom is -0.465 e. The first-order valence-electron chi connectivity index (χ1n) is 11.4.